The lowest BCUT2D eigenvalue weighted by Crippen LogP contribution is -2.34. The minimum Gasteiger partial charge on any atom is -0.497 e. The molecule has 8 heteroatoms. The fourth-order valence-corrected chi connectivity index (χ4v) is 3.41. The third kappa shape index (κ3) is 4.79. The number of fused-ring (bicyclic) bond motifs is 1. The molecular weight excluding hydrogens is 448 g/mol. The predicted octanol–water partition coefficient (Wildman–Crippen LogP) is 3.62. The molecule has 0 fully saturated rings. The Balaban J connectivity index is 0.00000280. The minimum absolute atomic E-state index is 0. The number of nitrogens with two attached hydrogens (primary N) is 1. The van der Waals surface area contributed by atoms with Gasteiger partial charge >= 0.3 is 5.97 Å². The third-order valence-corrected chi connectivity index (χ3v) is 4.84. The van der Waals surface area contributed by atoms with Crippen LogP contribution in [0.2, 0.25) is 0 Å². The molecule has 0 spiro atoms. The van der Waals surface area contributed by atoms with Gasteiger partial charge in [-0.25, -0.2) is 4.79 Å². The number of esters is 1. The van der Waals surface area contributed by atoms with Crippen molar-refractivity contribution in [3.63, 3.8) is 0 Å². The number of hydrogen-bond acceptors (Lipinski definition) is 5. The summed E-state index contributed by atoms with van der Waals surface area (Å²) in [4.78, 5) is 18.0. The van der Waals surface area contributed by atoms with Gasteiger partial charge in [-0.2, -0.15) is 4.73 Å². The van der Waals surface area contributed by atoms with E-state index in [2.05, 4.69) is 15.9 Å². The van der Waals surface area contributed by atoms with Crippen molar-refractivity contribution in [1.29, 1.82) is 0 Å². The van der Waals surface area contributed by atoms with Crippen LogP contribution in [0.25, 0.3) is 10.9 Å². The van der Waals surface area contributed by atoms with Gasteiger partial charge in [0, 0.05) is 15.9 Å². The molecule has 0 saturated carbocycles. The van der Waals surface area contributed by atoms with Gasteiger partial charge in [-0.15, -0.1) is 12.4 Å². The van der Waals surface area contributed by atoms with Crippen LogP contribution in [0.15, 0.2) is 53.0 Å². The first-order valence-corrected chi connectivity index (χ1v) is 9.23. The van der Waals surface area contributed by atoms with E-state index in [0.29, 0.717) is 12.1 Å². The van der Waals surface area contributed by atoms with Gasteiger partial charge in [0.25, 0.3) is 0 Å². The molecule has 1 heterocycles. The quantitative estimate of drug-likeness (QED) is 0.535. The minimum atomic E-state index is -0.471. The van der Waals surface area contributed by atoms with Gasteiger partial charge in [0.2, 0.25) is 0 Å². The summed E-state index contributed by atoms with van der Waals surface area (Å²) in [6.07, 6.45) is 0.637. The van der Waals surface area contributed by atoms with Crippen molar-refractivity contribution in [3.8, 4) is 5.75 Å². The van der Waals surface area contributed by atoms with Crippen molar-refractivity contribution in [1.82, 2.24) is 4.73 Å². The van der Waals surface area contributed by atoms with Gasteiger partial charge in [-0.3, -0.25) is 0 Å². The molecule has 0 radical (unpaired) electrons. The topological polar surface area (TPSA) is 75.7 Å². The second-order valence-electron chi connectivity index (χ2n) is 6.10. The van der Waals surface area contributed by atoms with E-state index in [0.717, 1.165) is 26.7 Å². The van der Waals surface area contributed by atoms with Gasteiger partial charge < -0.3 is 20.0 Å². The summed E-state index contributed by atoms with van der Waals surface area (Å²) in [7, 11) is 2.97. The highest BCUT2D eigenvalue weighted by Crippen LogP contribution is 2.27. The highest BCUT2D eigenvalue weighted by Gasteiger charge is 2.19. The number of halogens is 2. The molecule has 1 unspecified atom stereocenters. The van der Waals surface area contributed by atoms with E-state index in [9.17, 15) is 4.79 Å². The van der Waals surface area contributed by atoms with Crippen molar-refractivity contribution in [2.45, 2.75) is 12.5 Å². The van der Waals surface area contributed by atoms with Gasteiger partial charge in [0.1, 0.15) is 17.9 Å². The molecule has 0 aliphatic carbocycles. The summed E-state index contributed by atoms with van der Waals surface area (Å²) in [6, 6.07) is 14.9. The molecule has 0 bridgehead atoms. The second kappa shape index (κ2) is 9.82. The van der Waals surface area contributed by atoms with Crippen LogP contribution in [0.1, 0.15) is 16.1 Å². The maximum absolute atomic E-state index is 12.1. The fraction of sp³-hybridized carbons (Fsp3) is 0.250. The summed E-state index contributed by atoms with van der Waals surface area (Å²) in [5.74, 6) is 0.330. The van der Waals surface area contributed by atoms with Crippen molar-refractivity contribution in [2.75, 3.05) is 20.8 Å². The Morgan fingerprint density at radius 3 is 2.54 bits per heavy atom. The summed E-state index contributed by atoms with van der Waals surface area (Å²) >= 11 is 3.51. The molecule has 2 aromatic carbocycles. The number of ether oxygens (including phenoxy) is 2. The first-order valence-electron chi connectivity index (χ1n) is 8.43. The molecule has 1 aromatic heterocycles. The van der Waals surface area contributed by atoms with Crippen molar-refractivity contribution in [3.05, 3.63) is 64.3 Å². The van der Waals surface area contributed by atoms with E-state index in [4.69, 9.17) is 20.0 Å². The molecule has 2 N–H and O–H groups in total. The monoisotopic (exact) mass is 468 g/mol. The number of methoxy groups -OCH3 is 2. The average molecular weight is 470 g/mol. The van der Waals surface area contributed by atoms with Crippen LogP contribution in [-0.4, -0.2) is 37.6 Å². The maximum Gasteiger partial charge on any atom is 0.358 e. The molecule has 28 heavy (non-hydrogen) atoms. The van der Waals surface area contributed by atoms with E-state index < -0.39 is 5.97 Å². The van der Waals surface area contributed by atoms with Crippen molar-refractivity contribution >= 4 is 45.2 Å². The lowest BCUT2D eigenvalue weighted by atomic mass is 10.1. The molecule has 0 saturated heterocycles. The van der Waals surface area contributed by atoms with E-state index in [1.807, 2.05) is 42.5 Å². The number of rotatable bonds is 7. The summed E-state index contributed by atoms with van der Waals surface area (Å²) in [6.45, 7) is 0.237. The van der Waals surface area contributed by atoms with E-state index in [-0.39, 0.29) is 25.1 Å². The Bertz CT molecular complexity index is 943. The Morgan fingerprint density at radius 2 is 1.89 bits per heavy atom. The van der Waals surface area contributed by atoms with Crippen LogP contribution in [-0.2, 0) is 11.2 Å². The zero-order chi connectivity index (χ0) is 19.4. The van der Waals surface area contributed by atoms with Crippen LogP contribution in [0.3, 0.4) is 0 Å². The number of carbonyl (C=O) groups excluding carboxylic acids is 1. The molecule has 6 nitrogen and oxygen atoms in total. The van der Waals surface area contributed by atoms with Gasteiger partial charge in [-0.05, 0) is 52.2 Å². The predicted molar refractivity (Wildman–Crippen MR) is 114 cm³/mol. The molecule has 1 atom stereocenters. The number of aromatic nitrogens is 1. The first kappa shape index (κ1) is 22.1. The lowest BCUT2D eigenvalue weighted by Gasteiger charge is -2.16. The van der Waals surface area contributed by atoms with Crippen molar-refractivity contribution in [2.24, 2.45) is 5.73 Å². The van der Waals surface area contributed by atoms with E-state index in [1.165, 1.54) is 11.8 Å². The van der Waals surface area contributed by atoms with E-state index >= 15 is 0 Å². The van der Waals surface area contributed by atoms with Crippen molar-refractivity contribution < 1.29 is 19.1 Å². The van der Waals surface area contributed by atoms with Gasteiger partial charge in [-0.1, -0.05) is 24.3 Å². The summed E-state index contributed by atoms with van der Waals surface area (Å²) < 4.78 is 12.3. The number of para-hydroxylation sites is 1. The zero-order valence-electron chi connectivity index (χ0n) is 15.6. The molecule has 0 aliphatic rings. The standard InChI is InChI=1S/C20H21BrN2O4.ClH/c1-25-16-8-6-13(7-9-16)10-15(22)12-27-23-18(20(24)26-2)11-14-4-3-5-17(21)19(14)23;/h3-9,11,15H,10,12,22H2,1-2H3;1H. The molecule has 0 amide bonds. The molecule has 150 valence electrons. The fourth-order valence-electron chi connectivity index (χ4n) is 2.86. The summed E-state index contributed by atoms with van der Waals surface area (Å²) in [5, 5.41) is 0.869. The van der Waals surface area contributed by atoms with Crippen LogP contribution < -0.4 is 15.3 Å². The first-order chi connectivity index (χ1) is 13.0. The number of carbonyl (C=O) groups is 1. The average Bonchev–Trinajstić information content (AvgIpc) is 3.06. The number of hydrogen-bond donors (Lipinski definition) is 1. The zero-order valence-corrected chi connectivity index (χ0v) is 18.0. The lowest BCUT2D eigenvalue weighted by molar-refractivity contribution is 0.0508. The normalized spacial score (nSPS) is 11.6. The SMILES string of the molecule is COC(=O)c1cc2cccc(Br)c2n1OCC(N)Cc1ccc(OC)cc1.Cl. The maximum atomic E-state index is 12.1. The Hall–Kier alpha value is -2.22. The van der Waals surface area contributed by atoms with Gasteiger partial charge in [0.15, 0.2) is 5.69 Å². The third-order valence-electron chi connectivity index (χ3n) is 4.20. The largest absolute Gasteiger partial charge is 0.497 e. The van der Waals surface area contributed by atoms with Crippen LogP contribution in [0.5, 0.6) is 5.75 Å². The van der Waals surface area contributed by atoms with E-state index in [1.54, 1.807) is 13.2 Å². The number of benzene rings is 2. The Morgan fingerprint density at radius 1 is 1.18 bits per heavy atom. The Labute approximate surface area is 178 Å². The second-order valence-corrected chi connectivity index (χ2v) is 6.96. The summed E-state index contributed by atoms with van der Waals surface area (Å²) in [5.41, 5.74) is 8.39. The van der Waals surface area contributed by atoms with Gasteiger partial charge in [0.05, 0.1) is 14.2 Å². The van der Waals surface area contributed by atoms with Crippen LogP contribution >= 0.6 is 28.3 Å². The number of nitrogens with zero attached hydrogens (tertiary/aromatic N) is 1. The highest BCUT2D eigenvalue weighted by atomic mass is 79.9. The molecular formula is C20H22BrClN2O4. The Kier molecular flexibility index (Phi) is 7.74. The van der Waals surface area contributed by atoms with Crippen LogP contribution in [0.4, 0.5) is 0 Å². The molecule has 0 aliphatic heterocycles. The van der Waals surface area contributed by atoms with Crippen LogP contribution in [0, 0.1) is 0 Å². The highest BCUT2D eigenvalue weighted by molar-refractivity contribution is 9.10. The smallest absolute Gasteiger partial charge is 0.358 e. The molecule has 3 aromatic rings. The molecule has 3 rings (SSSR count).